The van der Waals surface area contributed by atoms with Gasteiger partial charge in [-0.1, -0.05) is 0 Å². The number of halogens is 1. The van der Waals surface area contributed by atoms with Crippen LogP contribution >= 0.6 is 15.9 Å². The summed E-state index contributed by atoms with van der Waals surface area (Å²) in [7, 11) is 0. The summed E-state index contributed by atoms with van der Waals surface area (Å²) in [4.78, 5) is 15.3. The van der Waals surface area contributed by atoms with Crippen LogP contribution in [0, 0.1) is 13.8 Å². The predicted octanol–water partition coefficient (Wildman–Crippen LogP) is 3.30. The normalized spacial score (nSPS) is 15.9. The maximum Gasteiger partial charge on any atom is 0.232 e. The average Bonchev–Trinajstić information content (AvgIpc) is 2.48. The number of aromatic nitrogens is 3. The SMILES string of the molecule is Cc1cncc(OC2CCN(c3ncc(Br)cc3C)CC2)n1. The summed E-state index contributed by atoms with van der Waals surface area (Å²) >= 11 is 3.46. The highest BCUT2D eigenvalue weighted by Gasteiger charge is 2.22. The van der Waals surface area contributed by atoms with E-state index in [2.05, 4.69) is 48.8 Å². The van der Waals surface area contributed by atoms with Gasteiger partial charge in [0.05, 0.1) is 11.9 Å². The van der Waals surface area contributed by atoms with E-state index in [0.717, 1.165) is 41.9 Å². The third kappa shape index (κ3) is 3.55. The van der Waals surface area contributed by atoms with Crippen LogP contribution in [0.25, 0.3) is 0 Å². The molecule has 3 rings (SSSR count). The molecule has 0 aliphatic carbocycles. The largest absolute Gasteiger partial charge is 0.473 e. The first-order chi connectivity index (χ1) is 10.6. The van der Waals surface area contributed by atoms with Crippen LogP contribution in [0.2, 0.25) is 0 Å². The van der Waals surface area contributed by atoms with Gasteiger partial charge in [-0.15, -0.1) is 0 Å². The van der Waals surface area contributed by atoms with Crippen molar-refractivity contribution >= 4 is 21.7 Å². The number of nitrogens with zero attached hydrogens (tertiary/aromatic N) is 4. The van der Waals surface area contributed by atoms with E-state index in [-0.39, 0.29) is 6.10 Å². The van der Waals surface area contributed by atoms with E-state index < -0.39 is 0 Å². The summed E-state index contributed by atoms with van der Waals surface area (Å²) in [5, 5.41) is 0. The van der Waals surface area contributed by atoms with Crippen LogP contribution in [0.4, 0.5) is 5.82 Å². The Morgan fingerprint density at radius 2 is 1.95 bits per heavy atom. The third-order valence-electron chi connectivity index (χ3n) is 3.78. The fourth-order valence-corrected chi connectivity index (χ4v) is 3.16. The fraction of sp³-hybridized carbons (Fsp3) is 0.438. The molecule has 1 saturated heterocycles. The molecule has 1 aliphatic heterocycles. The lowest BCUT2D eigenvalue weighted by Gasteiger charge is -2.33. The Hall–Kier alpha value is -1.69. The third-order valence-corrected chi connectivity index (χ3v) is 4.21. The topological polar surface area (TPSA) is 51.1 Å². The first-order valence-electron chi connectivity index (χ1n) is 7.44. The molecule has 2 aromatic rings. The van der Waals surface area contributed by atoms with Gasteiger partial charge in [0, 0.05) is 42.8 Å². The van der Waals surface area contributed by atoms with Gasteiger partial charge in [-0.25, -0.2) is 9.97 Å². The number of hydrogen-bond donors (Lipinski definition) is 0. The number of anilines is 1. The van der Waals surface area contributed by atoms with Gasteiger partial charge in [0.1, 0.15) is 11.9 Å². The molecule has 3 heterocycles. The standard InChI is InChI=1S/C16H19BrN4O/c1-11-7-13(17)9-19-16(11)21-5-3-14(4-6-21)22-15-10-18-8-12(2)20-15/h7-10,14H,3-6H2,1-2H3. The van der Waals surface area contributed by atoms with Crippen molar-refractivity contribution in [3.05, 3.63) is 40.4 Å². The van der Waals surface area contributed by atoms with Crippen LogP contribution in [0.15, 0.2) is 29.1 Å². The summed E-state index contributed by atoms with van der Waals surface area (Å²) in [6.45, 7) is 5.90. The zero-order valence-electron chi connectivity index (χ0n) is 12.8. The van der Waals surface area contributed by atoms with E-state index in [1.807, 2.05) is 13.1 Å². The maximum atomic E-state index is 5.94. The maximum absolute atomic E-state index is 5.94. The molecule has 1 aliphatic rings. The minimum absolute atomic E-state index is 0.197. The molecule has 0 N–H and O–H groups in total. The van der Waals surface area contributed by atoms with Crippen molar-refractivity contribution in [2.45, 2.75) is 32.8 Å². The van der Waals surface area contributed by atoms with Crippen LogP contribution in [-0.4, -0.2) is 34.1 Å². The van der Waals surface area contributed by atoms with E-state index in [1.165, 1.54) is 5.56 Å². The lowest BCUT2D eigenvalue weighted by atomic mass is 10.1. The number of aryl methyl sites for hydroxylation is 2. The molecule has 0 amide bonds. The highest BCUT2D eigenvalue weighted by Crippen LogP contribution is 2.25. The Morgan fingerprint density at radius 3 is 2.64 bits per heavy atom. The molecule has 1 fully saturated rings. The Morgan fingerprint density at radius 1 is 1.18 bits per heavy atom. The molecule has 0 bridgehead atoms. The molecule has 0 unspecified atom stereocenters. The van der Waals surface area contributed by atoms with Crippen LogP contribution in [0.5, 0.6) is 5.88 Å². The van der Waals surface area contributed by atoms with Gasteiger partial charge in [0.25, 0.3) is 0 Å². The van der Waals surface area contributed by atoms with Crippen LogP contribution in [0.1, 0.15) is 24.1 Å². The van der Waals surface area contributed by atoms with Crippen molar-refractivity contribution in [3.63, 3.8) is 0 Å². The lowest BCUT2D eigenvalue weighted by molar-refractivity contribution is 0.163. The second-order valence-electron chi connectivity index (χ2n) is 5.60. The minimum atomic E-state index is 0.197. The number of piperidine rings is 1. The number of rotatable bonds is 3. The van der Waals surface area contributed by atoms with Gasteiger partial charge in [-0.05, 0) is 41.4 Å². The molecule has 2 aromatic heterocycles. The quantitative estimate of drug-likeness (QED) is 0.838. The van der Waals surface area contributed by atoms with Gasteiger partial charge in [-0.3, -0.25) is 4.98 Å². The molecule has 0 spiro atoms. The molecule has 116 valence electrons. The van der Waals surface area contributed by atoms with Gasteiger partial charge in [0.2, 0.25) is 5.88 Å². The smallest absolute Gasteiger partial charge is 0.232 e. The van der Waals surface area contributed by atoms with Crippen molar-refractivity contribution in [1.29, 1.82) is 0 Å². The van der Waals surface area contributed by atoms with Crippen molar-refractivity contribution in [2.75, 3.05) is 18.0 Å². The summed E-state index contributed by atoms with van der Waals surface area (Å²) in [5.74, 6) is 1.69. The predicted molar refractivity (Wildman–Crippen MR) is 89.3 cm³/mol. The molecular weight excluding hydrogens is 344 g/mol. The second kappa shape index (κ2) is 6.60. The zero-order chi connectivity index (χ0) is 15.5. The Labute approximate surface area is 138 Å². The van der Waals surface area contributed by atoms with Crippen LogP contribution in [-0.2, 0) is 0 Å². The molecule has 5 nitrogen and oxygen atoms in total. The Balaban J connectivity index is 1.60. The monoisotopic (exact) mass is 362 g/mol. The fourth-order valence-electron chi connectivity index (χ4n) is 2.72. The van der Waals surface area contributed by atoms with Crippen molar-refractivity contribution in [1.82, 2.24) is 15.0 Å². The summed E-state index contributed by atoms with van der Waals surface area (Å²) in [6, 6.07) is 2.10. The molecule has 22 heavy (non-hydrogen) atoms. The highest BCUT2D eigenvalue weighted by atomic mass is 79.9. The van der Waals surface area contributed by atoms with Crippen molar-refractivity contribution < 1.29 is 4.74 Å². The summed E-state index contributed by atoms with van der Waals surface area (Å²) < 4.78 is 6.96. The number of pyridine rings is 1. The highest BCUT2D eigenvalue weighted by molar-refractivity contribution is 9.10. The molecule has 0 radical (unpaired) electrons. The lowest BCUT2D eigenvalue weighted by Crippen LogP contribution is -2.39. The van der Waals surface area contributed by atoms with Gasteiger partial charge in [-0.2, -0.15) is 0 Å². The minimum Gasteiger partial charge on any atom is -0.473 e. The van der Waals surface area contributed by atoms with Gasteiger partial charge in [0.15, 0.2) is 0 Å². The van der Waals surface area contributed by atoms with Gasteiger partial charge >= 0.3 is 0 Å². The first kappa shape index (κ1) is 15.2. The molecule has 6 heteroatoms. The van der Waals surface area contributed by atoms with E-state index in [4.69, 9.17) is 4.74 Å². The second-order valence-corrected chi connectivity index (χ2v) is 6.51. The molecule has 0 saturated carbocycles. The molecule has 0 aromatic carbocycles. The zero-order valence-corrected chi connectivity index (χ0v) is 14.4. The van der Waals surface area contributed by atoms with E-state index >= 15 is 0 Å². The molecule has 0 atom stereocenters. The van der Waals surface area contributed by atoms with Gasteiger partial charge < -0.3 is 9.64 Å². The van der Waals surface area contributed by atoms with Crippen LogP contribution in [0.3, 0.4) is 0 Å². The van der Waals surface area contributed by atoms with E-state index in [9.17, 15) is 0 Å². The Kier molecular flexibility index (Phi) is 4.57. The van der Waals surface area contributed by atoms with Crippen molar-refractivity contribution in [3.8, 4) is 5.88 Å². The van der Waals surface area contributed by atoms with E-state index in [0.29, 0.717) is 5.88 Å². The first-order valence-corrected chi connectivity index (χ1v) is 8.23. The molecular formula is C16H19BrN4O. The average molecular weight is 363 g/mol. The number of ether oxygens (including phenoxy) is 1. The summed E-state index contributed by atoms with van der Waals surface area (Å²) in [5.41, 5.74) is 2.07. The Bertz CT molecular complexity index is 656. The number of hydrogen-bond acceptors (Lipinski definition) is 5. The van der Waals surface area contributed by atoms with Crippen LogP contribution < -0.4 is 9.64 Å². The van der Waals surface area contributed by atoms with Crippen molar-refractivity contribution in [2.24, 2.45) is 0 Å². The van der Waals surface area contributed by atoms with E-state index in [1.54, 1.807) is 12.4 Å². The summed E-state index contributed by atoms with van der Waals surface area (Å²) in [6.07, 6.45) is 7.40.